The summed E-state index contributed by atoms with van der Waals surface area (Å²) in [7, 11) is 0. The number of aliphatic hydroxyl groups is 1. The Kier molecular flexibility index (Phi) is 2.54. The Bertz CT molecular complexity index is 324. The Morgan fingerprint density at radius 1 is 1.71 bits per heavy atom. The van der Waals surface area contributed by atoms with Crippen LogP contribution in [-0.2, 0) is 6.54 Å². The standard InChI is InChI=1S/C10H15FN2O/c1-2-3-7-4-5-13-9(10(7)14)8(11)6-12-13/h6-7,10,14H,2-5H2,1H3. The molecule has 14 heavy (non-hydrogen) atoms. The van der Waals surface area contributed by atoms with Crippen LogP contribution < -0.4 is 0 Å². The molecule has 2 atom stereocenters. The van der Waals surface area contributed by atoms with E-state index in [2.05, 4.69) is 12.0 Å². The number of rotatable bonds is 2. The molecule has 1 aliphatic heterocycles. The molecule has 0 aliphatic carbocycles. The van der Waals surface area contributed by atoms with Gasteiger partial charge in [0.15, 0.2) is 5.82 Å². The molecule has 0 radical (unpaired) electrons. The summed E-state index contributed by atoms with van der Waals surface area (Å²) in [6.45, 7) is 2.80. The monoisotopic (exact) mass is 198 g/mol. The first kappa shape index (κ1) is 9.65. The summed E-state index contributed by atoms with van der Waals surface area (Å²) < 4.78 is 14.8. The van der Waals surface area contributed by atoms with Crippen LogP contribution >= 0.6 is 0 Å². The minimum absolute atomic E-state index is 0.193. The Hall–Kier alpha value is -0.900. The van der Waals surface area contributed by atoms with Crippen molar-refractivity contribution in [1.82, 2.24) is 9.78 Å². The number of nitrogens with zero attached hydrogens (tertiary/aromatic N) is 2. The van der Waals surface area contributed by atoms with Crippen molar-refractivity contribution in [3.63, 3.8) is 0 Å². The third-order valence-electron chi connectivity index (χ3n) is 2.93. The molecule has 2 heterocycles. The predicted octanol–water partition coefficient (Wildman–Crippen LogP) is 1.88. The largest absolute Gasteiger partial charge is 0.386 e. The maximum Gasteiger partial charge on any atom is 0.166 e. The van der Waals surface area contributed by atoms with E-state index in [1.165, 1.54) is 6.20 Å². The van der Waals surface area contributed by atoms with Crippen molar-refractivity contribution >= 4 is 0 Å². The molecule has 1 aromatic heterocycles. The van der Waals surface area contributed by atoms with Gasteiger partial charge in [0.2, 0.25) is 0 Å². The first-order valence-electron chi connectivity index (χ1n) is 5.13. The number of hydrogen-bond acceptors (Lipinski definition) is 2. The normalized spacial score (nSPS) is 26.2. The SMILES string of the molecule is CCCC1CCn2ncc(F)c2C1O. The third-order valence-corrected chi connectivity index (χ3v) is 2.93. The van der Waals surface area contributed by atoms with E-state index in [9.17, 15) is 9.50 Å². The van der Waals surface area contributed by atoms with E-state index in [-0.39, 0.29) is 11.7 Å². The van der Waals surface area contributed by atoms with Crippen molar-refractivity contribution in [2.24, 2.45) is 5.92 Å². The Morgan fingerprint density at radius 3 is 3.21 bits per heavy atom. The highest BCUT2D eigenvalue weighted by Crippen LogP contribution is 2.34. The third kappa shape index (κ3) is 1.43. The molecule has 0 fully saturated rings. The molecular formula is C10H15FN2O. The van der Waals surface area contributed by atoms with Crippen LogP contribution in [0.1, 0.15) is 38.0 Å². The molecule has 0 saturated carbocycles. The van der Waals surface area contributed by atoms with Crippen molar-refractivity contribution < 1.29 is 9.50 Å². The van der Waals surface area contributed by atoms with Crippen LogP contribution in [0.3, 0.4) is 0 Å². The zero-order valence-corrected chi connectivity index (χ0v) is 8.28. The highest BCUT2D eigenvalue weighted by atomic mass is 19.1. The summed E-state index contributed by atoms with van der Waals surface area (Å²) in [6.07, 6.45) is 3.38. The molecule has 1 aromatic rings. The second-order valence-corrected chi connectivity index (χ2v) is 3.88. The van der Waals surface area contributed by atoms with E-state index in [0.29, 0.717) is 5.69 Å². The average molecular weight is 198 g/mol. The molecule has 3 nitrogen and oxygen atoms in total. The molecule has 4 heteroatoms. The van der Waals surface area contributed by atoms with Crippen molar-refractivity contribution in [3.05, 3.63) is 17.7 Å². The van der Waals surface area contributed by atoms with Crippen LogP contribution in [0.15, 0.2) is 6.20 Å². The minimum atomic E-state index is -0.675. The van der Waals surface area contributed by atoms with Gasteiger partial charge in [-0.05, 0) is 18.8 Å². The molecule has 1 aliphatic rings. The molecule has 0 aromatic carbocycles. The summed E-state index contributed by atoms with van der Waals surface area (Å²) in [5, 5.41) is 13.8. The molecule has 1 N–H and O–H groups in total. The van der Waals surface area contributed by atoms with E-state index in [0.717, 1.165) is 25.8 Å². The Morgan fingerprint density at radius 2 is 2.50 bits per heavy atom. The number of aliphatic hydroxyl groups excluding tert-OH is 1. The van der Waals surface area contributed by atoms with Gasteiger partial charge >= 0.3 is 0 Å². The van der Waals surface area contributed by atoms with Crippen molar-refractivity contribution in [3.8, 4) is 0 Å². The van der Waals surface area contributed by atoms with Crippen molar-refractivity contribution in [1.29, 1.82) is 0 Å². The number of hydrogen-bond donors (Lipinski definition) is 1. The number of aromatic nitrogens is 2. The zero-order valence-electron chi connectivity index (χ0n) is 8.28. The Balaban J connectivity index is 2.25. The van der Waals surface area contributed by atoms with E-state index in [4.69, 9.17) is 0 Å². The van der Waals surface area contributed by atoms with Crippen molar-refractivity contribution in [2.75, 3.05) is 0 Å². The Labute approximate surface area is 82.5 Å². The molecular weight excluding hydrogens is 183 g/mol. The number of aryl methyl sites for hydroxylation is 1. The van der Waals surface area contributed by atoms with Gasteiger partial charge in [-0.25, -0.2) is 4.39 Å². The van der Waals surface area contributed by atoms with Gasteiger partial charge in [-0.15, -0.1) is 0 Å². The number of halogens is 1. The van der Waals surface area contributed by atoms with Gasteiger partial charge in [0.05, 0.1) is 6.20 Å². The van der Waals surface area contributed by atoms with Crippen LogP contribution in [0.2, 0.25) is 0 Å². The lowest BCUT2D eigenvalue weighted by molar-refractivity contribution is 0.0640. The topological polar surface area (TPSA) is 38.0 Å². The van der Waals surface area contributed by atoms with E-state index in [1.807, 2.05) is 0 Å². The predicted molar refractivity (Wildman–Crippen MR) is 50.2 cm³/mol. The van der Waals surface area contributed by atoms with Crippen LogP contribution in [0.5, 0.6) is 0 Å². The molecule has 2 unspecified atom stereocenters. The lowest BCUT2D eigenvalue weighted by atomic mass is 9.89. The summed E-state index contributed by atoms with van der Waals surface area (Å²) >= 11 is 0. The van der Waals surface area contributed by atoms with Gasteiger partial charge in [-0.3, -0.25) is 4.68 Å². The summed E-state index contributed by atoms with van der Waals surface area (Å²) in [6, 6.07) is 0. The molecule has 78 valence electrons. The van der Waals surface area contributed by atoms with Crippen LogP contribution in [-0.4, -0.2) is 14.9 Å². The molecule has 0 spiro atoms. The lowest BCUT2D eigenvalue weighted by Gasteiger charge is -2.28. The second-order valence-electron chi connectivity index (χ2n) is 3.88. The highest BCUT2D eigenvalue weighted by molar-refractivity contribution is 5.11. The van der Waals surface area contributed by atoms with Gasteiger partial charge in [0, 0.05) is 6.54 Å². The quantitative estimate of drug-likeness (QED) is 0.787. The minimum Gasteiger partial charge on any atom is -0.386 e. The van der Waals surface area contributed by atoms with E-state index < -0.39 is 6.10 Å². The van der Waals surface area contributed by atoms with Gasteiger partial charge in [0.25, 0.3) is 0 Å². The van der Waals surface area contributed by atoms with Gasteiger partial charge in [-0.2, -0.15) is 5.10 Å². The van der Waals surface area contributed by atoms with Gasteiger partial charge in [-0.1, -0.05) is 13.3 Å². The zero-order chi connectivity index (χ0) is 10.1. The van der Waals surface area contributed by atoms with Crippen LogP contribution in [0.25, 0.3) is 0 Å². The first-order valence-corrected chi connectivity index (χ1v) is 5.13. The van der Waals surface area contributed by atoms with Crippen LogP contribution in [0.4, 0.5) is 4.39 Å². The summed E-state index contributed by atoms with van der Waals surface area (Å²) in [5.74, 6) is -0.183. The maximum absolute atomic E-state index is 13.3. The average Bonchev–Trinajstić information content (AvgIpc) is 2.54. The first-order chi connectivity index (χ1) is 6.74. The summed E-state index contributed by atoms with van der Waals surface area (Å²) in [4.78, 5) is 0. The van der Waals surface area contributed by atoms with Crippen LogP contribution in [0, 0.1) is 11.7 Å². The van der Waals surface area contributed by atoms with E-state index in [1.54, 1.807) is 4.68 Å². The maximum atomic E-state index is 13.3. The highest BCUT2D eigenvalue weighted by Gasteiger charge is 2.30. The van der Waals surface area contributed by atoms with E-state index >= 15 is 0 Å². The molecule has 2 rings (SSSR count). The molecule has 0 saturated heterocycles. The van der Waals surface area contributed by atoms with Gasteiger partial charge < -0.3 is 5.11 Å². The van der Waals surface area contributed by atoms with Gasteiger partial charge in [0.1, 0.15) is 11.8 Å². The molecule has 0 amide bonds. The van der Waals surface area contributed by atoms with Crippen molar-refractivity contribution in [2.45, 2.75) is 38.8 Å². The summed E-state index contributed by atoms with van der Waals surface area (Å²) in [5.41, 5.74) is 0.370. The fraction of sp³-hybridized carbons (Fsp3) is 0.700. The smallest absolute Gasteiger partial charge is 0.166 e. The second kappa shape index (κ2) is 3.69. The number of fused-ring (bicyclic) bond motifs is 1. The fourth-order valence-electron chi connectivity index (χ4n) is 2.19. The molecule has 0 bridgehead atoms. The lowest BCUT2D eigenvalue weighted by Crippen LogP contribution is -2.25. The fourth-order valence-corrected chi connectivity index (χ4v) is 2.19.